The number of H-pyrrole nitrogens is 1. The van der Waals surface area contributed by atoms with E-state index in [4.69, 9.17) is 14.2 Å². The predicted octanol–water partition coefficient (Wildman–Crippen LogP) is 3.49. The average Bonchev–Trinajstić information content (AvgIpc) is 3.04. The normalized spacial score (nSPS) is 15.0. The quantitative estimate of drug-likeness (QED) is 0.816. The van der Waals surface area contributed by atoms with Gasteiger partial charge in [0.1, 0.15) is 11.5 Å². The third-order valence-electron chi connectivity index (χ3n) is 3.87. The summed E-state index contributed by atoms with van der Waals surface area (Å²) >= 11 is 0. The lowest BCUT2D eigenvalue weighted by Crippen LogP contribution is -2.19. The summed E-state index contributed by atoms with van der Waals surface area (Å²) < 4.78 is 16.6. The third-order valence-corrected chi connectivity index (χ3v) is 3.87. The van der Waals surface area contributed by atoms with Crippen LogP contribution in [0.2, 0.25) is 0 Å². The van der Waals surface area contributed by atoms with Crippen molar-refractivity contribution < 1.29 is 19.0 Å². The molecule has 0 atom stereocenters. The van der Waals surface area contributed by atoms with Crippen LogP contribution < -0.4 is 9.47 Å². The molecule has 0 aliphatic heterocycles. The fraction of sp³-hybridized carbons (Fsp3) is 0.471. The SMILES string of the molecule is CCOC(=O)c1[nH]nnc1Oc1cccc(OC2CCCCC2)c1. The van der Waals surface area contributed by atoms with Gasteiger partial charge in [0, 0.05) is 6.07 Å². The number of nitrogens with zero attached hydrogens (tertiary/aromatic N) is 2. The van der Waals surface area contributed by atoms with Crippen molar-refractivity contribution >= 4 is 5.97 Å². The van der Waals surface area contributed by atoms with Gasteiger partial charge in [0.15, 0.2) is 0 Å². The molecular formula is C17H21N3O4. The zero-order chi connectivity index (χ0) is 16.8. The van der Waals surface area contributed by atoms with Gasteiger partial charge in [0.25, 0.3) is 5.88 Å². The molecule has 128 valence electrons. The summed E-state index contributed by atoms with van der Waals surface area (Å²) in [4.78, 5) is 11.8. The fourth-order valence-corrected chi connectivity index (χ4v) is 2.72. The van der Waals surface area contributed by atoms with Crippen LogP contribution in [0.4, 0.5) is 0 Å². The number of ether oxygens (including phenoxy) is 3. The molecule has 3 rings (SSSR count). The fourth-order valence-electron chi connectivity index (χ4n) is 2.72. The van der Waals surface area contributed by atoms with Crippen LogP contribution in [-0.2, 0) is 4.74 Å². The lowest BCUT2D eigenvalue weighted by Gasteiger charge is -2.23. The van der Waals surface area contributed by atoms with Crippen LogP contribution in [0.25, 0.3) is 0 Å². The molecule has 0 spiro atoms. The number of benzene rings is 1. The van der Waals surface area contributed by atoms with Crippen molar-refractivity contribution in [2.75, 3.05) is 6.61 Å². The van der Waals surface area contributed by atoms with Crippen LogP contribution in [-0.4, -0.2) is 34.1 Å². The summed E-state index contributed by atoms with van der Waals surface area (Å²) in [6, 6.07) is 7.31. The molecule has 1 heterocycles. The van der Waals surface area contributed by atoms with Crippen molar-refractivity contribution in [2.24, 2.45) is 0 Å². The van der Waals surface area contributed by atoms with Crippen molar-refractivity contribution in [3.05, 3.63) is 30.0 Å². The molecule has 1 aromatic carbocycles. The highest BCUT2D eigenvalue weighted by atomic mass is 16.5. The maximum Gasteiger partial charge on any atom is 0.362 e. The zero-order valence-corrected chi connectivity index (χ0v) is 13.7. The predicted molar refractivity (Wildman–Crippen MR) is 86.4 cm³/mol. The molecule has 0 radical (unpaired) electrons. The van der Waals surface area contributed by atoms with Crippen molar-refractivity contribution in [1.29, 1.82) is 0 Å². The first kappa shape index (κ1) is 16.3. The minimum absolute atomic E-state index is 0.0864. The van der Waals surface area contributed by atoms with Crippen LogP contribution >= 0.6 is 0 Å². The van der Waals surface area contributed by atoms with Gasteiger partial charge in [-0.25, -0.2) is 9.89 Å². The molecule has 0 amide bonds. The average molecular weight is 331 g/mol. The second kappa shape index (κ2) is 7.81. The molecule has 1 aliphatic carbocycles. The van der Waals surface area contributed by atoms with Gasteiger partial charge in [-0.05, 0) is 44.7 Å². The zero-order valence-electron chi connectivity index (χ0n) is 13.7. The molecule has 7 heteroatoms. The highest BCUT2D eigenvalue weighted by molar-refractivity contribution is 5.89. The second-order valence-corrected chi connectivity index (χ2v) is 5.67. The second-order valence-electron chi connectivity index (χ2n) is 5.67. The van der Waals surface area contributed by atoms with E-state index >= 15 is 0 Å². The number of carbonyl (C=O) groups excluding carboxylic acids is 1. The third kappa shape index (κ3) is 4.04. The number of hydrogen-bond acceptors (Lipinski definition) is 6. The molecule has 24 heavy (non-hydrogen) atoms. The minimum atomic E-state index is -0.549. The Balaban J connectivity index is 1.68. The Morgan fingerprint density at radius 3 is 2.83 bits per heavy atom. The number of carbonyl (C=O) groups is 1. The standard InChI is InChI=1S/C17H21N3O4/c1-2-22-17(21)15-16(19-20-18-15)24-14-10-6-9-13(11-14)23-12-7-4-3-5-8-12/h6,9-12H,2-5,7-8H2,1H3,(H,18,19,20). The molecule has 1 N–H and O–H groups in total. The first-order chi connectivity index (χ1) is 11.8. The van der Waals surface area contributed by atoms with Crippen LogP contribution in [0.3, 0.4) is 0 Å². The summed E-state index contributed by atoms with van der Waals surface area (Å²) in [6.07, 6.45) is 6.14. The van der Waals surface area contributed by atoms with E-state index < -0.39 is 5.97 Å². The Morgan fingerprint density at radius 1 is 1.25 bits per heavy atom. The molecule has 0 bridgehead atoms. The maximum absolute atomic E-state index is 11.8. The number of rotatable bonds is 6. The summed E-state index contributed by atoms with van der Waals surface area (Å²) in [5.74, 6) is 0.818. The first-order valence-electron chi connectivity index (χ1n) is 8.29. The maximum atomic E-state index is 11.8. The molecule has 1 fully saturated rings. The highest BCUT2D eigenvalue weighted by Gasteiger charge is 2.19. The largest absolute Gasteiger partial charge is 0.490 e. The van der Waals surface area contributed by atoms with E-state index in [2.05, 4.69) is 15.4 Å². The number of nitrogens with one attached hydrogen (secondary N) is 1. The smallest absolute Gasteiger partial charge is 0.362 e. The van der Waals surface area contributed by atoms with Gasteiger partial charge in [-0.1, -0.05) is 22.8 Å². The number of hydrogen-bond donors (Lipinski definition) is 1. The summed E-state index contributed by atoms with van der Waals surface area (Å²) in [5.41, 5.74) is 0.0930. The Bertz CT molecular complexity index is 680. The van der Waals surface area contributed by atoms with E-state index in [0.29, 0.717) is 5.75 Å². The molecular weight excluding hydrogens is 310 g/mol. The Kier molecular flexibility index (Phi) is 5.30. The van der Waals surface area contributed by atoms with Crippen molar-refractivity contribution in [3.63, 3.8) is 0 Å². The molecule has 2 aromatic rings. The van der Waals surface area contributed by atoms with Crippen LogP contribution in [0.15, 0.2) is 24.3 Å². The van der Waals surface area contributed by atoms with E-state index in [1.54, 1.807) is 19.1 Å². The lowest BCUT2D eigenvalue weighted by molar-refractivity contribution is 0.0516. The Hall–Kier alpha value is -2.57. The van der Waals surface area contributed by atoms with E-state index in [-0.39, 0.29) is 24.3 Å². The van der Waals surface area contributed by atoms with Gasteiger partial charge in [-0.15, -0.1) is 0 Å². The topological polar surface area (TPSA) is 86.3 Å². The van der Waals surface area contributed by atoms with E-state index in [9.17, 15) is 4.79 Å². The van der Waals surface area contributed by atoms with Gasteiger partial charge >= 0.3 is 5.97 Å². The number of esters is 1. The highest BCUT2D eigenvalue weighted by Crippen LogP contribution is 2.28. The first-order valence-corrected chi connectivity index (χ1v) is 8.29. The van der Waals surface area contributed by atoms with Gasteiger partial charge in [-0.3, -0.25) is 0 Å². The van der Waals surface area contributed by atoms with Crippen LogP contribution in [0, 0.1) is 0 Å². The van der Waals surface area contributed by atoms with Crippen molar-refractivity contribution in [2.45, 2.75) is 45.1 Å². The summed E-state index contributed by atoms with van der Waals surface area (Å²) in [6.45, 7) is 2.00. The van der Waals surface area contributed by atoms with E-state index in [1.807, 2.05) is 12.1 Å². The van der Waals surface area contributed by atoms with Crippen molar-refractivity contribution in [1.82, 2.24) is 15.4 Å². The van der Waals surface area contributed by atoms with Crippen LogP contribution in [0.1, 0.15) is 49.5 Å². The van der Waals surface area contributed by atoms with Gasteiger partial charge in [0.05, 0.1) is 12.7 Å². The molecule has 1 aromatic heterocycles. The molecule has 1 saturated carbocycles. The van der Waals surface area contributed by atoms with Crippen molar-refractivity contribution in [3.8, 4) is 17.4 Å². The monoisotopic (exact) mass is 331 g/mol. The van der Waals surface area contributed by atoms with Gasteiger partial charge in [-0.2, -0.15) is 0 Å². The summed E-state index contributed by atoms with van der Waals surface area (Å²) in [5, 5.41) is 9.90. The Morgan fingerprint density at radius 2 is 2.04 bits per heavy atom. The lowest BCUT2D eigenvalue weighted by atomic mass is 9.98. The Labute approximate surface area is 140 Å². The summed E-state index contributed by atoms with van der Waals surface area (Å²) in [7, 11) is 0. The van der Waals surface area contributed by atoms with Gasteiger partial charge < -0.3 is 14.2 Å². The molecule has 7 nitrogen and oxygen atoms in total. The number of aromatic amines is 1. The van der Waals surface area contributed by atoms with Crippen LogP contribution in [0.5, 0.6) is 17.4 Å². The van der Waals surface area contributed by atoms with E-state index in [1.165, 1.54) is 19.3 Å². The van der Waals surface area contributed by atoms with Gasteiger partial charge in [0.2, 0.25) is 5.69 Å². The van der Waals surface area contributed by atoms with E-state index in [0.717, 1.165) is 18.6 Å². The molecule has 0 saturated heterocycles. The minimum Gasteiger partial charge on any atom is -0.490 e. The molecule has 0 unspecified atom stereocenters. The number of aromatic nitrogens is 3. The molecule has 1 aliphatic rings.